The van der Waals surface area contributed by atoms with Gasteiger partial charge in [-0.3, -0.25) is 9.59 Å². The molecule has 6 heteroatoms. The largest absolute Gasteiger partial charge is 0.480 e. The summed E-state index contributed by atoms with van der Waals surface area (Å²) < 4.78 is 0. The molecule has 0 heterocycles. The van der Waals surface area contributed by atoms with Crippen molar-refractivity contribution >= 4 is 23.5 Å². The molecule has 0 saturated heterocycles. The minimum absolute atomic E-state index is 0.162. The average molecular weight is 340 g/mol. The Labute approximate surface area is 145 Å². The molecule has 130 valence electrons. The van der Waals surface area contributed by atoms with Crippen LogP contribution in [0.3, 0.4) is 0 Å². The van der Waals surface area contributed by atoms with Crippen molar-refractivity contribution in [2.24, 2.45) is 0 Å². The fourth-order valence-electron chi connectivity index (χ4n) is 2.28. The fraction of sp³-hybridized carbons (Fsp3) is 0.211. The van der Waals surface area contributed by atoms with E-state index in [2.05, 4.69) is 10.6 Å². The maximum Gasteiger partial charge on any atom is 0.326 e. The molecule has 2 aromatic carbocycles. The maximum atomic E-state index is 12.4. The second-order valence-electron chi connectivity index (χ2n) is 5.54. The lowest BCUT2D eigenvalue weighted by Crippen LogP contribution is -2.42. The van der Waals surface area contributed by atoms with Gasteiger partial charge in [-0.25, -0.2) is 4.79 Å². The van der Waals surface area contributed by atoms with Crippen LogP contribution in [0.1, 0.15) is 29.3 Å². The number of hydrogen-bond acceptors (Lipinski definition) is 3. The number of carbonyl (C=O) groups is 3. The Morgan fingerprint density at radius 1 is 1.04 bits per heavy atom. The molecule has 0 fully saturated rings. The normalized spacial score (nSPS) is 11.4. The standard InChI is InChI=1S/C19H20N2O4/c1-2-17(22)20-15-10-6-9-14(12-15)18(23)21-16(19(24)25)11-13-7-4-3-5-8-13/h3-10,12,16H,2,11H2,1H3,(H,20,22)(H,21,23)(H,24,25)/t16-/m1/s1. The number of carboxylic acid groups (broad SMARTS) is 1. The minimum atomic E-state index is -1.10. The van der Waals surface area contributed by atoms with Crippen molar-refractivity contribution in [1.82, 2.24) is 5.32 Å². The van der Waals surface area contributed by atoms with E-state index in [-0.39, 0.29) is 17.9 Å². The fourth-order valence-corrected chi connectivity index (χ4v) is 2.28. The summed E-state index contributed by atoms with van der Waals surface area (Å²) in [4.78, 5) is 35.3. The van der Waals surface area contributed by atoms with Crippen LogP contribution in [0.4, 0.5) is 5.69 Å². The summed E-state index contributed by atoms with van der Waals surface area (Å²) in [7, 11) is 0. The molecule has 0 spiro atoms. The number of rotatable bonds is 7. The molecule has 2 rings (SSSR count). The monoisotopic (exact) mass is 340 g/mol. The van der Waals surface area contributed by atoms with Crippen LogP contribution in [-0.2, 0) is 16.0 Å². The van der Waals surface area contributed by atoms with E-state index >= 15 is 0 Å². The van der Waals surface area contributed by atoms with Crippen LogP contribution in [0.15, 0.2) is 54.6 Å². The Morgan fingerprint density at radius 3 is 2.40 bits per heavy atom. The third-order valence-electron chi connectivity index (χ3n) is 3.62. The van der Waals surface area contributed by atoms with Gasteiger partial charge >= 0.3 is 5.97 Å². The first kappa shape index (κ1) is 18.2. The Morgan fingerprint density at radius 2 is 1.76 bits per heavy atom. The second kappa shape index (κ2) is 8.63. The summed E-state index contributed by atoms with van der Waals surface area (Å²) in [5.74, 6) is -1.77. The van der Waals surface area contributed by atoms with Crippen LogP contribution in [0, 0.1) is 0 Å². The second-order valence-corrected chi connectivity index (χ2v) is 5.54. The number of amides is 2. The molecule has 0 radical (unpaired) electrons. The number of hydrogen-bond donors (Lipinski definition) is 3. The molecular formula is C19H20N2O4. The van der Waals surface area contributed by atoms with Gasteiger partial charge < -0.3 is 15.7 Å². The third-order valence-corrected chi connectivity index (χ3v) is 3.62. The highest BCUT2D eigenvalue weighted by atomic mass is 16.4. The van der Waals surface area contributed by atoms with Gasteiger partial charge in [0.05, 0.1) is 0 Å². The van der Waals surface area contributed by atoms with Crippen LogP contribution >= 0.6 is 0 Å². The predicted octanol–water partition coefficient (Wildman–Crippen LogP) is 2.46. The van der Waals surface area contributed by atoms with Gasteiger partial charge in [-0.1, -0.05) is 43.3 Å². The van der Waals surface area contributed by atoms with Crippen LogP contribution in [0.2, 0.25) is 0 Å². The van der Waals surface area contributed by atoms with Crippen LogP contribution < -0.4 is 10.6 Å². The summed E-state index contributed by atoms with van der Waals surface area (Å²) in [5.41, 5.74) is 1.60. The van der Waals surface area contributed by atoms with Crippen molar-refractivity contribution in [3.05, 3.63) is 65.7 Å². The summed E-state index contributed by atoms with van der Waals surface area (Å²) >= 11 is 0. The number of anilines is 1. The molecule has 2 aromatic rings. The molecule has 0 saturated carbocycles. The molecule has 25 heavy (non-hydrogen) atoms. The molecule has 6 nitrogen and oxygen atoms in total. The molecule has 2 amide bonds. The lowest BCUT2D eigenvalue weighted by molar-refractivity contribution is -0.139. The number of nitrogens with one attached hydrogen (secondary N) is 2. The van der Waals surface area contributed by atoms with Crippen molar-refractivity contribution in [3.63, 3.8) is 0 Å². The van der Waals surface area contributed by atoms with Gasteiger partial charge in [0, 0.05) is 24.1 Å². The maximum absolute atomic E-state index is 12.4. The van der Waals surface area contributed by atoms with Gasteiger partial charge in [-0.2, -0.15) is 0 Å². The lowest BCUT2D eigenvalue weighted by Gasteiger charge is -2.15. The highest BCUT2D eigenvalue weighted by molar-refractivity contribution is 5.98. The summed E-state index contributed by atoms with van der Waals surface area (Å²) in [6.07, 6.45) is 0.517. The van der Waals surface area contributed by atoms with E-state index in [4.69, 9.17) is 0 Å². The summed E-state index contributed by atoms with van der Waals surface area (Å²) in [5, 5.41) is 14.6. The van der Waals surface area contributed by atoms with Gasteiger partial charge in [0.25, 0.3) is 5.91 Å². The van der Waals surface area contributed by atoms with Crippen molar-refractivity contribution in [3.8, 4) is 0 Å². The van der Waals surface area contributed by atoms with Crippen LogP contribution in [0.5, 0.6) is 0 Å². The SMILES string of the molecule is CCC(=O)Nc1cccc(C(=O)N[C@H](Cc2ccccc2)C(=O)O)c1. The van der Waals surface area contributed by atoms with Crippen molar-refractivity contribution in [2.45, 2.75) is 25.8 Å². The van der Waals surface area contributed by atoms with E-state index in [0.717, 1.165) is 5.56 Å². The van der Waals surface area contributed by atoms with Crippen LogP contribution in [0.25, 0.3) is 0 Å². The topological polar surface area (TPSA) is 95.5 Å². The molecule has 0 aliphatic carbocycles. The zero-order valence-electron chi connectivity index (χ0n) is 13.9. The van der Waals surface area contributed by atoms with Gasteiger partial charge in [-0.05, 0) is 23.8 Å². The van der Waals surface area contributed by atoms with Gasteiger partial charge in [0.1, 0.15) is 6.04 Å². The molecule has 0 aromatic heterocycles. The zero-order valence-corrected chi connectivity index (χ0v) is 13.9. The number of carboxylic acids is 1. The highest BCUT2D eigenvalue weighted by Gasteiger charge is 2.21. The minimum Gasteiger partial charge on any atom is -0.480 e. The zero-order chi connectivity index (χ0) is 18.2. The van der Waals surface area contributed by atoms with Gasteiger partial charge in [0.15, 0.2) is 0 Å². The average Bonchev–Trinajstić information content (AvgIpc) is 2.62. The van der Waals surface area contributed by atoms with Gasteiger partial charge in [-0.15, -0.1) is 0 Å². The predicted molar refractivity (Wildman–Crippen MR) is 94.4 cm³/mol. The molecule has 0 aliphatic heterocycles. The molecule has 0 bridgehead atoms. The molecule has 0 aliphatic rings. The Kier molecular flexibility index (Phi) is 6.28. The number of aliphatic carboxylic acids is 1. The first-order valence-corrected chi connectivity index (χ1v) is 7.97. The Bertz CT molecular complexity index is 759. The molecule has 1 atom stereocenters. The smallest absolute Gasteiger partial charge is 0.326 e. The highest BCUT2D eigenvalue weighted by Crippen LogP contribution is 2.12. The molecule has 0 unspecified atom stereocenters. The van der Waals surface area contributed by atoms with Crippen molar-refractivity contribution < 1.29 is 19.5 Å². The van der Waals surface area contributed by atoms with Gasteiger partial charge in [0.2, 0.25) is 5.91 Å². The van der Waals surface area contributed by atoms with E-state index in [1.165, 1.54) is 6.07 Å². The first-order valence-electron chi connectivity index (χ1n) is 7.97. The Hall–Kier alpha value is -3.15. The summed E-state index contributed by atoms with van der Waals surface area (Å²) in [6.45, 7) is 1.73. The number of benzene rings is 2. The number of carbonyl (C=O) groups excluding carboxylic acids is 2. The third kappa shape index (κ3) is 5.46. The first-order chi connectivity index (χ1) is 12.0. The Balaban J connectivity index is 2.09. The quantitative estimate of drug-likeness (QED) is 0.721. The van der Waals surface area contributed by atoms with Crippen molar-refractivity contribution in [1.29, 1.82) is 0 Å². The van der Waals surface area contributed by atoms with Crippen molar-refractivity contribution in [2.75, 3.05) is 5.32 Å². The van der Waals surface area contributed by atoms with E-state index in [0.29, 0.717) is 12.1 Å². The summed E-state index contributed by atoms with van der Waals surface area (Å²) in [6, 6.07) is 14.4. The van der Waals surface area contributed by atoms with Crippen LogP contribution in [-0.4, -0.2) is 28.9 Å². The molecular weight excluding hydrogens is 320 g/mol. The molecule has 3 N–H and O–H groups in total. The van der Waals surface area contributed by atoms with E-state index in [1.807, 2.05) is 30.3 Å². The van der Waals surface area contributed by atoms with E-state index < -0.39 is 17.9 Å². The van der Waals surface area contributed by atoms with E-state index in [9.17, 15) is 19.5 Å². The lowest BCUT2D eigenvalue weighted by atomic mass is 10.1. The van der Waals surface area contributed by atoms with E-state index in [1.54, 1.807) is 25.1 Å².